The Balaban J connectivity index is 2.54. The quantitative estimate of drug-likeness (QED) is 0.774. The summed E-state index contributed by atoms with van der Waals surface area (Å²) in [5, 5.41) is 3.02. The molecule has 17 heavy (non-hydrogen) atoms. The Morgan fingerprint density at radius 2 is 2.24 bits per heavy atom. The molecule has 2 atom stereocenters. The van der Waals surface area contributed by atoms with Crippen LogP contribution in [0.4, 0.5) is 0 Å². The first-order valence-electron chi connectivity index (χ1n) is 6.16. The fourth-order valence-electron chi connectivity index (χ4n) is 2.07. The second-order valence-corrected chi connectivity index (χ2v) is 8.12. The molecule has 1 saturated heterocycles. The maximum atomic E-state index is 11.7. The molecule has 4 nitrogen and oxygen atoms in total. The molecule has 1 rings (SSSR count). The van der Waals surface area contributed by atoms with Crippen LogP contribution in [0.15, 0.2) is 0 Å². The third kappa shape index (κ3) is 5.16. The molecule has 0 aromatic carbocycles. The van der Waals surface area contributed by atoms with Gasteiger partial charge in [-0.1, -0.05) is 13.8 Å². The van der Waals surface area contributed by atoms with E-state index in [0.29, 0.717) is 11.7 Å². The molecule has 1 N–H and O–H groups in total. The monoisotopic (exact) mass is 280 g/mol. The van der Waals surface area contributed by atoms with Crippen LogP contribution in [0, 0.1) is 5.92 Å². The molecular formula is C11H24N2O2S2. The van der Waals surface area contributed by atoms with Gasteiger partial charge in [0, 0.05) is 30.9 Å². The number of nitrogens with one attached hydrogen (secondary N) is 1. The van der Waals surface area contributed by atoms with Gasteiger partial charge in [0.2, 0.25) is 0 Å². The zero-order valence-corrected chi connectivity index (χ0v) is 12.6. The van der Waals surface area contributed by atoms with Crippen molar-refractivity contribution < 1.29 is 8.42 Å². The number of hydrogen-bond acceptors (Lipinski definition) is 5. The highest BCUT2D eigenvalue weighted by atomic mass is 32.2. The van der Waals surface area contributed by atoms with E-state index in [2.05, 4.69) is 24.1 Å². The molecule has 0 aliphatic carbocycles. The maximum absolute atomic E-state index is 11.7. The third-order valence-corrected chi connectivity index (χ3v) is 5.66. The van der Waals surface area contributed by atoms with Gasteiger partial charge in [-0.25, -0.2) is 8.42 Å². The number of hydrogen-bond donors (Lipinski definition) is 1. The number of thioether (sulfide) groups is 1. The molecule has 0 bridgehead atoms. The lowest BCUT2D eigenvalue weighted by Gasteiger charge is -2.35. The molecule has 2 unspecified atom stereocenters. The Hall–Kier alpha value is 0.220. The Morgan fingerprint density at radius 3 is 2.82 bits per heavy atom. The van der Waals surface area contributed by atoms with Crippen LogP contribution >= 0.6 is 11.8 Å². The van der Waals surface area contributed by atoms with Gasteiger partial charge < -0.3 is 5.32 Å². The van der Waals surface area contributed by atoms with Crippen LogP contribution in [-0.4, -0.2) is 62.6 Å². The first kappa shape index (κ1) is 15.3. The van der Waals surface area contributed by atoms with Crippen LogP contribution in [-0.2, 0) is 9.84 Å². The molecule has 0 spiro atoms. The van der Waals surface area contributed by atoms with Crippen molar-refractivity contribution in [1.29, 1.82) is 0 Å². The van der Waals surface area contributed by atoms with Crippen LogP contribution in [0.5, 0.6) is 0 Å². The molecule has 0 radical (unpaired) electrons. The van der Waals surface area contributed by atoms with E-state index in [1.165, 1.54) is 6.26 Å². The molecule has 0 saturated carbocycles. The average molecular weight is 280 g/mol. The van der Waals surface area contributed by atoms with Crippen molar-refractivity contribution in [1.82, 2.24) is 10.2 Å². The van der Waals surface area contributed by atoms with E-state index < -0.39 is 9.84 Å². The average Bonchev–Trinajstić information content (AvgIpc) is 2.25. The highest BCUT2D eigenvalue weighted by Gasteiger charge is 2.31. The lowest BCUT2D eigenvalue weighted by Crippen LogP contribution is -2.49. The largest absolute Gasteiger partial charge is 0.317 e. The Bertz CT molecular complexity index is 319. The normalized spacial score (nSPS) is 24.8. The van der Waals surface area contributed by atoms with Crippen molar-refractivity contribution in [3.05, 3.63) is 0 Å². The Kier molecular flexibility index (Phi) is 6.26. The lowest BCUT2D eigenvalue weighted by molar-refractivity contribution is 0.232. The fraction of sp³-hybridized carbons (Fsp3) is 1.00. The van der Waals surface area contributed by atoms with Crippen molar-refractivity contribution in [3.63, 3.8) is 0 Å². The molecule has 0 amide bonds. The van der Waals surface area contributed by atoms with Crippen molar-refractivity contribution in [3.8, 4) is 0 Å². The zero-order valence-electron chi connectivity index (χ0n) is 11.0. The summed E-state index contributed by atoms with van der Waals surface area (Å²) in [5.74, 6) is 2.24. The molecule has 1 fully saturated rings. The van der Waals surface area contributed by atoms with Crippen molar-refractivity contribution >= 4 is 21.6 Å². The summed E-state index contributed by atoms with van der Waals surface area (Å²) in [5.41, 5.74) is 0. The van der Waals surface area contributed by atoms with Crippen molar-refractivity contribution in [2.45, 2.75) is 19.2 Å². The van der Waals surface area contributed by atoms with Crippen molar-refractivity contribution in [2.24, 2.45) is 5.92 Å². The first-order valence-corrected chi connectivity index (χ1v) is 9.27. The molecule has 102 valence electrons. The SMILES string of the molecule is CCNCC(C)CN1CCSCC1S(C)(=O)=O. The summed E-state index contributed by atoms with van der Waals surface area (Å²) in [6.45, 7) is 7.93. The number of rotatable bonds is 6. The van der Waals surface area contributed by atoms with E-state index in [0.717, 1.165) is 31.9 Å². The van der Waals surface area contributed by atoms with Gasteiger partial charge in [0.15, 0.2) is 9.84 Å². The van der Waals surface area contributed by atoms with Gasteiger partial charge in [-0.3, -0.25) is 4.90 Å². The van der Waals surface area contributed by atoms with Gasteiger partial charge in [-0.15, -0.1) is 0 Å². The van der Waals surface area contributed by atoms with E-state index in [1.807, 2.05) is 0 Å². The summed E-state index contributed by atoms with van der Waals surface area (Å²) in [6.07, 6.45) is 1.35. The van der Waals surface area contributed by atoms with Gasteiger partial charge in [0.05, 0.1) is 0 Å². The molecule has 0 aromatic heterocycles. The summed E-state index contributed by atoms with van der Waals surface area (Å²) in [4.78, 5) is 2.13. The molecule has 0 aromatic rings. The van der Waals surface area contributed by atoms with Gasteiger partial charge in [0.25, 0.3) is 0 Å². The van der Waals surface area contributed by atoms with Gasteiger partial charge in [-0.05, 0) is 19.0 Å². The van der Waals surface area contributed by atoms with Crippen LogP contribution in [0.1, 0.15) is 13.8 Å². The minimum absolute atomic E-state index is 0.287. The summed E-state index contributed by atoms with van der Waals surface area (Å²) < 4.78 is 23.4. The van der Waals surface area contributed by atoms with Crippen LogP contribution in [0.25, 0.3) is 0 Å². The van der Waals surface area contributed by atoms with E-state index in [4.69, 9.17) is 0 Å². The predicted octanol–water partition coefficient (Wildman–Crippen LogP) is 0.652. The second kappa shape index (κ2) is 6.97. The number of sulfone groups is 1. The summed E-state index contributed by atoms with van der Waals surface area (Å²) in [6, 6.07) is 0. The Labute approximate surface area is 109 Å². The lowest BCUT2D eigenvalue weighted by atomic mass is 10.1. The zero-order chi connectivity index (χ0) is 12.9. The topological polar surface area (TPSA) is 49.4 Å². The van der Waals surface area contributed by atoms with Crippen LogP contribution < -0.4 is 5.32 Å². The minimum atomic E-state index is -2.96. The molecular weight excluding hydrogens is 256 g/mol. The van der Waals surface area contributed by atoms with Gasteiger partial charge in [0.1, 0.15) is 5.37 Å². The van der Waals surface area contributed by atoms with E-state index in [9.17, 15) is 8.42 Å². The predicted molar refractivity (Wildman–Crippen MR) is 75.2 cm³/mol. The van der Waals surface area contributed by atoms with Crippen LogP contribution in [0.3, 0.4) is 0 Å². The van der Waals surface area contributed by atoms with E-state index in [1.54, 1.807) is 11.8 Å². The summed E-state index contributed by atoms with van der Waals surface area (Å²) in [7, 11) is -2.96. The standard InChI is InChI=1S/C11H24N2O2S2/c1-4-12-7-10(2)8-13-5-6-16-9-11(13)17(3,14)15/h10-12H,4-9H2,1-3H3. The number of nitrogens with zero attached hydrogens (tertiary/aromatic N) is 1. The van der Waals surface area contributed by atoms with Crippen LogP contribution in [0.2, 0.25) is 0 Å². The molecule has 1 aliphatic heterocycles. The second-order valence-electron chi connectivity index (χ2n) is 4.77. The maximum Gasteiger partial charge on any atom is 0.164 e. The minimum Gasteiger partial charge on any atom is -0.317 e. The molecule has 6 heteroatoms. The van der Waals surface area contributed by atoms with Gasteiger partial charge >= 0.3 is 0 Å². The smallest absolute Gasteiger partial charge is 0.164 e. The fourth-order valence-corrected chi connectivity index (χ4v) is 5.03. The third-order valence-electron chi connectivity index (χ3n) is 2.97. The highest BCUT2D eigenvalue weighted by Crippen LogP contribution is 2.21. The van der Waals surface area contributed by atoms with E-state index >= 15 is 0 Å². The highest BCUT2D eigenvalue weighted by molar-refractivity contribution is 8.00. The molecule has 1 heterocycles. The van der Waals surface area contributed by atoms with Gasteiger partial charge in [-0.2, -0.15) is 11.8 Å². The first-order chi connectivity index (χ1) is 7.95. The van der Waals surface area contributed by atoms with Crippen molar-refractivity contribution in [2.75, 3.05) is 43.9 Å². The van der Waals surface area contributed by atoms with E-state index in [-0.39, 0.29) is 5.37 Å². The molecule has 1 aliphatic rings. The Morgan fingerprint density at radius 1 is 1.53 bits per heavy atom. The summed E-state index contributed by atoms with van der Waals surface area (Å²) >= 11 is 1.74.